The molecule has 1 aromatic rings. The molecule has 1 saturated heterocycles. The van der Waals surface area contributed by atoms with Crippen LogP contribution in [0.5, 0.6) is 0 Å². The van der Waals surface area contributed by atoms with E-state index in [1.54, 1.807) is 0 Å². The summed E-state index contributed by atoms with van der Waals surface area (Å²) in [6, 6.07) is 0. The van der Waals surface area contributed by atoms with Crippen molar-refractivity contribution < 1.29 is 5.11 Å². The van der Waals surface area contributed by atoms with Crippen molar-refractivity contribution in [3.63, 3.8) is 0 Å². The van der Waals surface area contributed by atoms with Crippen LogP contribution in [0.4, 0.5) is 0 Å². The Bertz CT molecular complexity index is 431. The Morgan fingerprint density at radius 2 is 2.11 bits per heavy atom. The molecule has 3 rings (SSSR count). The van der Waals surface area contributed by atoms with Gasteiger partial charge >= 0.3 is 0 Å². The van der Waals surface area contributed by atoms with Gasteiger partial charge in [-0.15, -0.1) is 10.2 Å². The first-order valence-corrected chi connectivity index (χ1v) is 7.54. The Morgan fingerprint density at radius 3 is 2.84 bits per heavy atom. The molecule has 0 saturated carbocycles. The quantitative estimate of drug-likeness (QED) is 0.870. The van der Waals surface area contributed by atoms with Crippen molar-refractivity contribution in [1.82, 2.24) is 19.7 Å². The van der Waals surface area contributed by atoms with E-state index in [1.807, 2.05) is 0 Å². The smallest absolute Gasteiger partial charge is 0.133 e. The zero-order chi connectivity index (χ0) is 13.2. The highest BCUT2D eigenvalue weighted by Crippen LogP contribution is 2.24. The predicted octanol–water partition coefficient (Wildman–Crippen LogP) is 0.717. The summed E-state index contributed by atoms with van der Waals surface area (Å²) in [6.45, 7) is 6.99. The molecule has 0 bridgehead atoms. The Kier molecular flexibility index (Phi) is 3.84. The number of aromatic nitrogens is 3. The van der Waals surface area contributed by atoms with Crippen molar-refractivity contribution in [3.05, 3.63) is 11.6 Å². The number of aliphatic hydroxyl groups is 1. The molecule has 2 unspecified atom stereocenters. The van der Waals surface area contributed by atoms with Crippen LogP contribution in [0, 0.1) is 11.8 Å². The summed E-state index contributed by atoms with van der Waals surface area (Å²) < 4.78 is 2.26. The number of fused-ring (bicyclic) bond motifs is 1. The molecule has 19 heavy (non-hydrogen) atoms. The topological polar surface area (TPSA) is 54.2 Å². The molecule has 1 aromatic heterocycles. The molecule has 1 N–H and O–H groups in total. The van der Waals surface area contributed by atoms with Crippen LogP contribution in [0.15, 0.2) is 0 Å². The molecule has 5 heteroatoms. The van der Waals surface area contributed by atoms with E-state index in [0.29, 0.717) is 5.92 Å². The van der Waals surface area contributed by atoms with E-state index in [0.717, 1.165) is 49.9 Å². The Hall–Kier alpha value is -0.940. The first-order chi connectivity index (χ1) is 9.30. The van der Waals surface area contributed by atoms with E-state index in [2.05, 4.69) is 26.6 Å². The second-order valence-electron chi connectivity index (χ2n) is 5.98. The number of likely N-dealkylation sites (tertiary alicyclic amines) is 1. The van der Waals surface area contributed by atoms with E-state index in [9.17, 15) is 5.11 Å². The van der Waals surface area contributed by atoms with Crippen LogP contribution in [0.25, 0.3) is 0 Å². The van der Waals surface area contributed by atoms with Crippen molar-refractivity contribution in [2.75, 3.05) is 26.2 Å². The first kappa shape index (κ1) is 13.1. The SMILES string of the molecule is CCN1CCC(Cc2nnc3n2CC(CO)CC3)C1. The van der Waals surface area contributed by atoms with Crippen molar-refractivity contribution in [2.45, 2.75) is 39.2 Å². The number of nitrogens with zero attached hydrogens (tertiary/aromatic N) is 4. The van der Waals surface area contributed by atoms with E-state index in [1.165, 1.54) is 19.5 Å². The van der Waals surface area contributed by atoms with Gasteiger partial charge in [0.1, 0.15) is 11.6 Å². The number of hydrogen-bond acceptors (Lipinski definition) is 4. The fraction of sp³-hybridized carbons (Fsp3) is 0.857. The molecule has 0 aromatic carbocycles. The third-order valence-electron chi connectivity index (χ3n) is 4.67. The van der Waals surface area contributed by atoms with Crippen molar-refractivity contribution in [2.24, 2.45) is 11.8 Å². The van der Waals surface area contributed by atoms with E-state index in [-0.39, 0.29) is 6.61 Å². The summed E-state index contributed by atoms with van der Waals surface area (Å²) in [5.74, 6) is 3.36. The van der Waals surface area contributed by atoms with Crippen molar-refractivity contribution in [3.8, 4) is 0 Å². The molecule has 5 nitrogen and oxygen atoms in total. The van der Waals surface area contributed by atoms with Crippen LogP contribution in [0.2, 0.25) is 0 Å². The molecule has 106 valence electrons. The van der Waals surface area contributed by atoms with Gasteiger partial charge in [0.25, 0.3) is 0 Å². The van der Waals surface area contributed by atoms with Gasteiger partial charge in [-0.1, -0.05) is 6.92 Å². The highest BCUT2D eigenvalue weighted by atomic mass is 16.3. The van der Waals surface area contributed by atoms with Crippen LogP contribution >= 0.6 is 0 Å². The van der Waals surface area contributed by atoms with Gasteiger partial charge in [0.05, 0.1) is 0 Å². The maximum atomic E-state index is 9.34. The van der Waals surface area contributed by atoms with Gasteiger partial charge in [0, 0.05) is 38.5 Å². The van der Waals surface area contributed by atoms with E-state index >= 15 is 0 Å². The summed E-state index contributed by atoms with van der Waals surface area (Å²) >= 11 is 0. The minimum absolute atomic E-state index is 0.282. The average Bonchev–Trinajstić information content (AvgIpc) is 3.06. The molecule has 0 amide bonds. The molecular weight excluding hydrogens is 240 g/mol. The van der Waals surface area contributed by atoms with Gasteiger partial charge in [-0.2, -0.15) is 0 Å². The normalized spacial score (nSPS) is 27.7. The molecule has 0 spiro atoms. The third kappa shape index (κ3) is 2.67. The van der Waals surface area contributed by atoms with Crippen LogP contribution in [-0.4, -0.2) is 51.0 Å². The van der Waals surface area contributed by atoms with Gasteiger partial charge in [-0.05, 0) is 31.8 Å². The summed E-state index contributed by atoms with van der Waals surface area (Å²) in [5, 5.41) is 18.1. The second kappa shape index (κ2) is 5.59. The van der Waals surface area contributed by atoms with Gasteiger partial charge in [-0.25, -0.2) is 0 Å². The van der Waals surface area contributed by atoms with Crippen LogP contribution in [-0.2, 0) is 19.4 Å². The number of aryl methyl sites for hydroxylation is 1. The Morgan fingerprint density at radius 1 is 1.21 bits per heavy atom. The Balaban J connectivity index is 1.67. The summed E-state index contributed by atoms with van der Waals surface area (Å²) in [6.07, 6.45) is 4.33. The van der Waals surface area contributed by atoms with E-state index < -0.39 is 0 Å². The predicted molar refractivity (Wildman–Crippen MR) is 72.8 cm³/mol. The lowest BCUT2D eigenvalue weighted by Crippen LogP contribution is -2.25. The van der Waals surface area contributed by atoms with E-state index in [4.69, 9.17) is 0 Å². The fourth-order valence-corrected chi connectivity index (χ4v) is 3.38. The van der Waals surface area contributed by atoms with Gasteiger partial charge < -0.3 is 14.6 Å². The third-order valence-corrected chi connectivity index (χ3v) is 4.67. The summed E-state index contributed by atoms with van der Waals surface area (Å²) in [7, 11) is 0. The lowest BCUT2D eigenvalue weighted by Gasteiger charge is -2.23. The monoisotopic (exact) mass is 264 g/mol. The maximum absolute atomic E-state index is 9.34. The van der Waals surface area contributed by atoms with Crippen LogP contribution < -0.4 is 0 Å². The molecule has 2 atom stereocenters. The molecule has 1 fully saturated rings. The zero-order valence-corrected chi connectivity index (χ0v) is 11.8. The molecule has 0 radical (unpaired) electrons. The largest absolute Gasteiger partial charge is 0.396 e. The summed E-state index contributed by atoms with van der Waals surface area (Å²) in [5.41, 5.74) is 0. The molecular formula is C14H24N4O. The lowest BCUT2D eigenvalue weighted by molar-refractivity contribution is 0.189. The van der Waals surface area contributed by atoms with Gasteiger partial charge in [-0.3, -0.25) is 0 Å². The second-order valence-corrected chi connectivity index (χ2v) is 5.98. The molecule has 0 aliphatic carbocycles. The highest BCUT2D eigenvalue weighted by molar-refractivity contribution is 5.02. The molecule has 3 heterocycles. The number of aliphatic hydroxyl groups excluding tert-OH is 1. The summed E-state index contributed by atoms with van der Waals surface area (Å²) in [4.78, 5) is 2.51. The first-order valence-electron chi connectivity index (χ1n) is 7.54. The standard InChI is InChI=1S/C14H24N4O/c1-2-17-6-5-11(8-17)7-14-16-15-13-4-3-12(10-19)9-18(13)14/h11-12,19H,2-10H2,1H3. The van der Waals surface area contributed by atoms with Gasteiger partial charge in [0.2, 0.25) is 0 Å². The lowest BCUT2D eigenvalue weighted by atomic mass is 9.99. The van der Waals surface area contributed by atoms with Crippen molar-refractivity contribution in [1.29, 1.82) is 0 Å². The minimum Gasteiger partial charge on any atom is -0.396 e. The molecule has 2 aliphatic rings. The fourth-order valence-electron chi connectivity index (χ4n) is 3.38. The minimum atomic E-state index is 0.282. The number of rotatable bonds is 4. The maximum Gasteiger partial charge on any atom is 0.133 e. The van der Waals surface area contributed by atoms with Crippen molar-refractivity contribution >= 4 is 0 Å². The highest BCUT2D eigenvalue weighted by Gasteiger charge is 2.26. The average molecular weight is 264 g/mol. The van der Waals surface area contributed by atoms with Crippen LogP contribution in [0.1, 0.15) is 31.4 Å². The van der Waals surface area contributed by atoms with Gasteiger partial charge in [0.15, 0.2) is 0 Å². The molecule has 2 aliphatic heterocycles. The zero-order valence-electron chi connectivity index (χ0n) is 11.8. The van der Waals surface area contributed by atoms with Crippen LogP contribution in [0.3, 0.4) is 0 Å². The number of hydrogen-bond donors (Lipinski definition) is 1. The Labute approximate surface area is 114 Å².